The van der Waals surface area contributed by atoms with Crippen molar-refractivity contribution in [3.8, 4) is 0 Å². The monoisotopic (exact) mass is 395 g/mol. The van der Waals surface area contributed by atoms with Gasteiger partial charge in [-0.15, -0.1) is 0 Å². The number of nitrogens with zero attached hydrogens (tertiary/aromatic N) is 1. The van der Waals surface area contributed by atoms with Crippen LogP contribution in [0.4, 0.5) is 0 Å². The zero-order chi connectivity index (χ0) is 16.9. The van der Waals surface area contributed by atoms with Gasteiger partial charge < -0.3 is 9.47 Å². The average Bonchev–Trinajstić information content (AvgIpc) is 2.36. The van der Waals surface area contributed by atoms with Crippen LogP contribution in [0.25, 0.3) is 0 Å². The second kappa shape index (κ2) is 5.61. The average molecular weight is 396 g/mol. The van der Waals surface area contributed by atoms with Gasteiger partial charge in [-0.3, -0.25) is 9.69 Å². The molecule has 0 saturated carbocycles. The minimum Gasteiger partial charge on any atom is -0.455 e. The minimum absolute atomic E-state index is 0.0133. The zero-order valence-electron chi connectivity index (χ0n) is 12.7. The van der Waals surface area contributed by atoms with Crippen LogP contribution < -0.4 is 0 Å². The number of alkyl halides is 1. The molecule has 0 spiro atoms. The number of fused-ring (bicyclic) bond motifs is 1. The number of hydrogen-bond acceptors (Lipinski definition) is 6. The van der Waals surface area contributed by atoms with Crippen molar-refractivity contribution in [1.82, 2.24) is 4.90 Å². The summed E-state index contributed by atoms with van der Waals surface area (Å²) in [6.45, 7) is 5.07. The van der Waals surface area contributed by atoms with E-state index >= 15 is 0 Å². The Labute approximate surface area is 137 Å². The van der Waals surface area contributed by atoms with E-state index in [0.29, 0.717) is 0 Å². The van der Waals surface area contributed by atoms with Gasteiger partial charge in [0.1, 0.15) is 15.5 Å². The topological polar surface area (TPSA) is 90.0 Å². The summed E-state index contributed by atoms with van der Waals surface area (Å²) in [7, 11) is -2.27. The Morgan fingerprint density at radius 1 is 1.41 bits per heavy atom. The molecule has 7 nitrogen and oxygen atoms in total. The highest BCUT2D eigenvalue weighted by Crippen LogP contribution is 2.42. The predicted octanol–water partition coefficient (Wildman–Crippen LogP) is 0.792. The highest BCUT2D eigenvalue weighted by atomic mass is 79.9. The standard InChI is InChI=1S/C13H18BrNO6S/c1-13(2,3)21-12(17)8-5-9(14)22(18,19)11-7(6-20-4)10(16)15(8)11/h5,7,9,11H,6H2,1-4H3/t7-,9?,11+/m0/s1. The smallest absolute Gasteiger partial charge is 0.355 e. The number of halogens is 1. The van der Waals surface area contributed by atoms with Crippen molar-refractivity contribution in [2.45, 2.75) is 35.9 Å². The number of sulfone groups is 1. The fraction of sp³-hybridized carbons (Fsp3) is 0.692. The first kappa shape index (κ1) is 17.4. The van der Waals surface area contributed by atoms with Crippen LogP contribution in [0.1, 0.15) is 20.8 Å². The molecule has 3 atom stereocenters. The lowest BCUT2D eigenvalue weighted by Gasteiger charge is -2.49. The summed E-state index contributed by atoms with van der Waals surface area (Å²) in [4.78, 5) is 25.4. The summed E-state index contributed by atoms with van der Waals surface area (Å²) in [5, 5.41) is -1.10. The van der Waals surface area contributed by atoms with Gasteiger partial charge in [0, 0.05) is 7.11 Å². The first-order valence-electron chi connectivity index (χ1n) is 6.64. The SMILES string of the molecule is COC[C@H]1C(=O)N2C(C(=O)OC(C)(C)C)=CC(Br)S(=O)(=O)[C@H]12. The van der Waals surface area contributed by atoms with Crippen molar-refractivity contribution < 1.29 is 27.5 Å². The molecule has 0 aromatic carbocycles. The maximum Gasteiger partial charge on any atom is 0.355 e. The third-order valence-corrected chi connectivity index (χ3v) is 7.11. The van der Waals surface area contributed by atoms with E-state index in [1.54, 1.807) is 20.8 Å². The molecule has 2 heterocycles. The molecule has 0 radical (unpaired) electrons. The first-order valence-corrected chi connectivity index (χ1v) is 9.17. The lowest BCUT2D eigenvalue weighted by atomic mass is 9.97. The largest absolute Gasteiger partial charge is 0.455 e. The number of carbonyl (C=O) groups excluding carboxylic acids is 2. The Balaban J connectivity index is 2.38. The molecule has 0 N–H and O–H groups in total. The third-order valence-electron chi connectivity index (χ3n) is 3.31. The van der Waals surface area contributed by atoms with Crippen molar-refractivity contribution in [3.63, 3.8) is 0 Å². The molecule has 1 saturated heterocycles. The van der Waals surface area contributed by atoms with Crippen LogP contribution in [-0.4, -0.2) is 54.0 Å². The number of rotatable bonds is 3. The molecule has 2 rings (SSSR count). The van der Waals surface area contributed by atoms with E-state index in [2.05, 4.69) is 15.9 Å². The second-order valence-corrected chi connectivity index (χ2v) is 9.92. The zero-order valence-corrected chi connectivity index (χ0v) is 15.1. The number of methoxy groups -OCH3 is 1. The number of hydrogen-bond donors (Lipinski definition) is 0. The second-order valence-electron chi connectivity index (χ2n) is 6.15. The van der Waals surface area contributed by atoms with E-state index in [9.17, 15) is 18.0 Å². The molecule has 2 aliphatic rings. The summed E-state index contributed by atoms with van der Waals surface area (Å²) in [5.41, 5.74) is -0.792. The van der Waals surface area contributed by atoms with Crippen molar-refractivity contribution in [3.05, 3.63) is 11.8 Å². The van der Waals surface area contributed by atoms with E-state index in [-0.39, 0.29) is 12.3 Å². The fourth-order valence-electron chi connectivity index (χ4n) is 2.42. The van der Waals surface area contributed by atoms with Gasteiger partial charge in [-0.25, -0.2) is 13.2 Å². The predicted molar refractivity (Wildman–Crippen MR) is 81.6 cm³/mol. The Hall–Kier alpha value is -0.930. The van der Waals surface area contributed by atoms with Gasteiger partial charge in [-0.2, -0.15) is 0 Å². The van der Waals surface area contributed by atoms with Crippen LogP contribution in [0.5, 0.6) is 0 Å². The van der Waals surface area contributed by atoms with E-state index in [1.807, 2.05) is 0 Å². The third kappa shape index (κ3) is 2.81. The summed E-state index contributed by atoms with van der Waals surface area (Å²) in [6, 6.07) is 0. The molecule has 2 aliphatic heterocycles. The molecule has 1 fully saturated rings. The molecule has 124 valence electrons. The molecule has 0 aliphatic carbocycles. The van der Waals surface area contributed by atoms with Crippen LogP contribution in [0.2, 0.25) is 0 Å². The van der Waals surface area contributed by atoms with Gasteiger partial charge in [-0.05, 0) is 26.8 Å². The fourth-order valence-corrected chi connectivity index (χ4v) is 5.08. The van der Waals surface area contributed by atoms with Crippen LogP contribution in [0, 0.1) is 5.92 Å². The van der Waals surface area contributed by atoms with Crippen molar-refractivity contribution >= 4 is 37.6 Å². The lowest BCUT2D eigenvalue weighted by molar-refractivity contribution is -0.162. The number of amides is 1. The molecule has 1 unspecified atom stereocenters. The molecular weight excluding hydrogens is 378 g/mol. The summed E-state index contributed by atoms with van der Waals surface area (Å²) in [6.07, 6.45) is 1.20. The van der Waals surface area contributed by atoms with E-state index in [4.69, 9.17) is 9.47 Å². The summed E-state index contributed by atoms with van der Waals surface area (Å²) in [5.74, 6) is -1.98. The van der Waals surface area contributed by atoms with Gasteiger partial charge in [0.25, 0.3) is 0 Å². The Bertz CT molecular complexity index is 635. The molecular formula is C13H18BrNO6S. The highest BCUT2D eigenvalue weighted by molar-refractivity contribution is 9.11. The van der Waals surface area contributed by atoms with Gasteiger partial charge >= 0.3 is 5.97 Å². The quantitative estimate of drug-likeness (QED) is 0.398. The first-order chi connectivity index (χ1) is 10.0. The Kier molecular flexibility index (Phi) is 4.44. The van der Waals surface area contributed by atoms with Gasteiger partial charge in [0.15, 0.2) is 15.2 Å². The maximum atomic E-state index is 12.4. The van der Waals surface area contributed by atoms with E-state index in [0.717, 1.165) is 4.90 Å². The van der Waals surface area contributed by atoms with Gasteiger partial charge in [0.05, 0.1) is 12.5 Å². The van der Waals surface area contributed by atoms with E-state index in [1.165, 1.54) is 13.2 Å². The van der Waals surface area contributed by atoms with Crippen molar-refractivity contribution in [2.24, 2.45) is 5.92 Å². The van der Waals surface area contributed by atoms with Crippen LogP contribution in [0.15, 0.2) is 11.8 Å². The number of esters is 1. The lowest BCUT2D eigenvalue weighted by Crippen LogP contribution is -2.68. The summed E-state index contributed by atoms with van der Waals surface area (Å²) < 4.78 is 33.8. The van der Waals surface area contributed by atoms with Crippen molar-refractivity contribution in [2.75, 3.05) is 13.7 Å². The molecule has 9 heteroatoms. The van der Waals surface area contributed by atoms with Gasteiger partial charge in [-0.1, -0.05) is 15.9 Å². The van der Waals surface area contributed by atoms with Crippen LogP contribution in [0.3, 0.4) is 0 Å². The number of carbonyl (C=O) groups is 2. The van der Waals surface area contributed by atoms with Gasteiger partial charge in [0.2, 0.25) is 5.91 Å². The molecule has 1 amide bonds. The number of ether oxygens (including phenoxy) is 2. The van der Waals surface area contributed by atoms with Crippen LogP contribution in [-0.2, 0) is 28.9 Å². The molecule has 0 bridgehead atoms. The number of β-lactam (4-membered cyclic amide) rings is 1. The Morgan fingerprint density at radius 2 is 2.00 bits per heavy atom. The summed E-state index contributed by atoms with van der Waals surface area (Å²) >= 11 is 3.05. The normalized spacial score (nSPS) is 30.2. The molecule has 0 aromatic heterocycles. The Morgan fingerprint density at radius 3 is 2.50 bits per heavy atom. The minimum atomic E-state index is -3.66. The van der Waals surface area contributed by atoms with Crippen molar-refractivity contribution in [1.29, 1.82) is 0 Å². The molecule has 0 aromatic rings. The maximum absolute atomic E-state index is 12.4. The van der Waals surface area contributed by atoms with Crippen LogP contribution >= 0.6 is 15.9 Å². The molecule has 22 heavy (non-hydrogen) atoms. The highest BCUT2D eigenvalue weighted by Gasteiger charge is 2.60. The van der Waals surface area contributed by atoms with E-state index < -0.39 is 42.8 Å².